The smallest absolute Gasteiger partial charge is 0.134 e. The van der Waals surface area contributed by atoms with Crippen LogP contribution in [0.2, 0.25) is 5.15 Å². The van der Waals surface area contributed by atoms with Crippen molar-refractivity contribution in [3.63, 3.8) is 0 Å². The molecule has 4 heteroatoms. The molecule has 0 unspecified atom stereocenters. The number of halogens is 1. The van der Waals surface area contributed by atoms with Crippen molar-refractivity contribution in [2.24, 2.45) is 7.05 Å². The summed E-state index contributed by atoms with van der Waals surface area (Å²) in [6, 6.07) is 0. The number of nitrogens with zero attached hydrogens (tertiary/aromatic N) is 2. The molecule has 0 amide bonds. The van der Waals surface area contributed by atoms with Gasteiger partial charge in [0.1, 0.15) is 5.15 Å². The predicted molar refractivity (Wildman–Crippen MR) is 49.1 cm³/mol. The molecule has 0 aliphatic heterocycles. The summed E-state index contributed by atoms with van der Waals surface area (Å²) in [7, 11) is 1.78. The van der Waals surface area contributed by atoms with E-state index in [1.807, 2.05) is 6.92 Å². The third kappa shape index (κ3) is 1.68. The van der Waals surface area contributed by atoms with Crippen LogP contribution in [0.4, 0.5) is 0 Å². The molecule has 0 spiro atoms. The summed E-state index contributed by atoms with van der Waals surface area (Å²) < 4.78 is 1.61. The topological polar surface area (TPSA) is 38.0 Å². The van der Waals surface area contributed by atoms with E-state index in [4.69, 9.17) is 16.7 Å². The molecule has 0 aliphatic rings. The standard InChI is InChI=1S/C8H11ClN2O/c1-6-7(4-3-5-12)8(9)11(2)10-6/h3-4,12H,5H2,1-2H3/b4-3+. The Labute approximate surface area is 76.3 Å². The second kappa shape index (κ2) is 3.74. The monoisotopic (exact) mass is 186 g/mol. The molecule has 1 aromatic heterocycles. The highest BCUT2D eigenvalue weighted by atomic mass is 35.5. The molecule has 0 aromatic carbocycles. The van der Waals surface area contributed by atoms with Crippen LogP contribution in [-0.4, -0.2) is 21.5 Å². The van der Waals surface area contributed by atoms with Gasteiger partial charge in [-0.15, -0.1) is 0 Å². The summed E-state index contributed by atoms with van der Waals surface area (Å²) in [5.74, 6) is 0. The summed E-state index contributed by atoms with van der Waals surface area (Å²) in [6.07, 6.45) is 3.40. The number of hydrogen-bond donors (Lipinski definition) is 1. The molecule has 0 radical (unpaired) electrons. The van der Waals surface area contributed by atoms with E-state index in [1.54, 1.807) is 23.9 Å². The molecule has 0 aliphatic carbocycles. The van der Waals surface area contributed by atoms with Crippen molar-refractivity contribution in [1.29, 1.82) is 0 Å². The van der Waals surface area contributed by atoms with Gasteiger partial charge in [0.05, 0.1) is 12.3 Å². The maximum Gasteiger partial charge on any atom is 0.134 e. The molecule has 0 fully saturated rings. The molecule has 1 N–H and O–H groups in total. The number of aliphatic hydroxyl groups is 1. The minimum absolute atomic E-state index is 0.0185. The van der Waals surface area contributed by atoms with Gasteiger partial charge in [0.15, 0.2) is 0 Å². The van der Waals surface area contributed by atoms with Crippen LogP contribution in [-0.2, 0) is 7.05 Å². The zero-order valence-electron chi connectivity index (χ0n) is 7.08. The van der Waals surface area contributed by atoms with E-state index in [-0.39, 0.29) is 6.61 Å². The van der Waals surface area contributed by atoms with E-state index < -0.39 is 0 Å². The van der Waals surface area contributed by atoms with Crippen LogP contribution >= 0.6 is 11.6 Å². The van der Waals surface area contributed by atoms with E-state index in [0.29, 0.717) is 5.15 Å². The SMILES string of the molecule is Cc1nn(C)c(Cl)c1/C=C/CO. The van der Waals surface area contributed by atoms with Gasteiger partial charge < -0.3 is 5.11 Å². The van der Waals surface area contributed by atoms with Crippen LogP contribution in [0.1, 0.15) is 11.3 Å². The Hall–Kier alpha value is -0.800. The molecule has 66 valence electrons. The largest absolute Gasteiger partial charge is 0.392 e. The Bertz CT molecular complexity index is 304. The third-order valence-electron chi connectivity index (χ3n) is 1.59. The summed E-state index contributed by atoms with van der Waals surface area (Å²) in [5.41, 5.74) is 1.74. The molecule has 12 heavy (non-hydrogen) atoms. The first-order valence-electron chi connectivity index (χ1n) is 3.63. The fourth-order valence-electron chi connectivity index (χ4n) is 1.01. The Morgan fingerprint density at radius 1 is 1.67 bits per heavy atom. The molecule has 1 aromatic rings. The fraction of sp³-hybridized carbons (Fsp3) is 0.375. The molecular weight excluding hydrogens is 176 g/mol. The van der Waals surface area contributed by atoms with E-state index >= 15 is 0 Å². The number of hydrogen-bond acceptors (Lipinski definition) is 2. The van der Waals surface area contributed by atoms with Gasteiger partial charge in [0.2, 0.25) is 0 Å². The molecule has 0 atom stereocenters. The van der Waals surface area contributed by atoms with E-state index in [1.165, 1.54) is 0 Å². The maximum absolute atomic E-state index is 8.56. The van der Waals surface area contributed by atoms with Gasteiger partial charge in [0, 0.05) is 12.6 Å². The van der Waals surface area contributed by atoms with Crippen molar-refractivity contribution in [1.82, 2.24) is 9.78 Å². The zero-order chi connectivity index (χ0) is 9.14. The molecule has 3 nitrogen and oxygen atoms in total. The van der Waals surface area contributed by atoms with E-state index in [0.717, 1.165) is 11.3 Å². The highest BCUT2D eigenvalue weighted by molar-refractivity contribution is 6.31. The fourth-order valence-corrected chi connectivity index (χ4v) is 1.24. The van der Waals surface area contributed by atoms with Gasteiger partial charge in [-0.2, -0.15) is 5.10 Å². The lowest BCUT2D eigenvalue weighted by Gasteiger charge is -1.90. The number of aromatic nitrogens is 2. The molecule has 0 saturated heterocycles. The average molecular weight is 187 g/mol. The van der Waals surface area contributed by atoms with Gasteiger partial charge in [-0.25, -0.2) is 0 Å². The van der Waals surface area contributed by atoms with Crippen molar-refractivity contribution >= 4 is 17.7 Å². The number of rotatable bonds is 2. The van der Waals surface area contributed by atoms with Crippen LogP contribution in [0.25, 0.3) is 6.08 Å². The lowest BCUT2D eigenvalue weighted by molar-refractivity contribution is 0.343. The van der Waals surface area contributed by atoms with Gasteiger partial charge in [-0.05, 0) is 6.92 Å². The minimum atomic E-state index is 0.0185. The van der Waals surface area contributed by atoms with Crippen molar-refractivity contribution in [3.05, 3.63) is 22.5 Å². The third-order valence-corrected chi connectivity index (χ3v) is 2.03. The zero-order valence-corrected chi connectivity index (χ0v) is 7.84. The Kier molecular flexibility index (Phi) is 2.89. The van der Waals surface area contributed by atoms with Crippen LogP contribution in [0.3, 0.4) is 0 Å². The van der Waals surface area contributed by atoms with Gasteiger partial charge in [-0.3, -0.25) is 4.68 Å². The van der Waals surface area contributed by atoms with Crippen LogP contribution in [0.5, 0.6) is 0 Å². The first kappa shape index (κ1) is 9.29. The Balaban J connectivity index is 3.05. The van der Waals surface area contributed by atoms with Gasteiger partial charge in [-0.1, -0.05) is 23.8 Å². The van der Waals surface area contributed by atoms with Gasteiger partial charge >= 0.3 is 0 Å². The predicted octanol–water partition coefficient (Wildman–Crippen LogP) is 1.39. The minimum Gasteiger partial charge on any atom is -0.392 e. The molecule has 1 rings (SSSR count). The van der Waals surface area contributed by atoms with Crippen molar-refractivity contribution in [2.75, 3.05) is 6.61 Å². The molecule has 1 heterocycles. The molecule has 0 bridgehead atoms. The Morgan fingerprint density at radius 2 is 2.33 bits per heavy atom. The quantitative estimate of drug-likeness (QED) is 0.758. The van der Waals surface area contributed by atoms with Crippen LogP contribution in [0, 0.1) is 6.92 Å². The van der Waals surface area contributed by atoms with E-state index in [9.17, 15) is 0 Å². The lowest BCUT2D eigenvalue weighted by atomic mass is 10.2. The second-order valence-electron chi connectivity index (χ2n) is 2.50. The average Bonchev–Trinajstić information content (AvgIpc) is 2.25. The van der Waals surface area contributed by atoms with Crippen molar-refractivity contribution in [2.45, 2.75) is 6.92 Å². The molecular formula is C8H11ClN2O. The summed E-state index contributed by atoms with van der Waals surface area (Å²) in [6.45, 7) is 1.90. The summed E-state index contributed by atoms with van der Waals surface area (Å²) in [5, 5.41) is 13.3. The first-order chi connectivity index (χ1) is 5.66. The van der Waals surface area contributed by atoms with Crippen LogP contribution in [0.15, 0.2) is 6.08 Å². The first-order valence-corrected chi connectivity index (χ1v) is 4.01. The highest BCUT2D eigenvalue weighted by Crippen LogP contribution is 2.19. The maximum atomic E-state index is 8.56. The Morgan fingerprint density at radius 3 is 2.75 bits per heavy atom. The van der Waals surface area contributed by atoms with Crippen molar-refractivity contribution in [3.8, 4) is 0 Å². The lowest BCUT2D eigenvalue weighted by Crippen LogP contribution is -1.88. The normalized spacial score (nSPS) is 11.3. The summed E-state index contributed by atoms with van der Waals surface area (Å²) in [4.78, 5) is 0. The molecule has 0 saturated carbocycles. The van der Waals surface area contributed by atoms with Crippen molar-refractivity contribution < 1.29 is 5.11 Å². The number of aryl methyl sites for hydroxylation is 2. The van der Waals surface area contributed by atoms with Gasteiger partial charge in [0.25, 0.3) is 0 Å². The van der Waals surface area contributed by atoms with Crippen LogP contribution < -0.4 is 0 Å². The number of aliphatic hydroxyl groups excluding tert-OH is 1. The summed E-state index contributed by atoms with van der Waals surface area (Å²) >= 11 is 5.92. The second-order valence-corrected chi connectivity index (χ2v) is 2.86. The highest BCUT2D eigenvalue weighted by Gasteiger charge is 2.06. The van der Waals surface area contributed by atoms with E-state index in [2.05, 4.69) is 5.10 Å².